The summed E-state index contributed by atoms with van der Waals surface area (Å²) in [6.07, 6.45) is 0.619. The number of carboxylic acid groups (broad SMARTS) is 1. The molecular formula is C28H31ClF3N5O6S. The second-order valence-electron chi connectivity index (χ2n) is 11.2. The number of hydrogen-bond acceptors (Lipinski definition) is 11. The molecule has 3 aliphatic heterocycles. The van der Waals surface area contributed by atoms with Gasteiger partial charge in [-0.05, 0) is 26.0 Å². The maximum atomic E-state index is 15.7. The molecule has 0 saturated carbocycles. The first-order chi connectivity index (χ1) is 20.8. The van der Waals surface area contributed by atoms with Crippen molar-refractivity contribution in [2.45, 2.75) is 44.0 Å². The number of hydrogen-bond donors (Lipinski definition) is 2. The van der Waals surface area contributed by atoms with Gasteiger partial charge in [-0.15, -0.1) is 11.3 Å². The minimum atomic E-state index is -3.26. The van der Waals surface area contributed by atoms with Crippen LogP contribution in [0.2, 0.25) is 5.02 Å². The Hall–Kier alpha value is -3.08. The number of benzene rings is 1. The molecule has 2 saturated heterocycles. The van der Waals surface area contributed by atoms with Crippen molar-refractivity contribution in [3.8, 4) is 0 Å². The van der Waals surface area contributed by atoms with Crippen LogP contribution in [0.15, 0.2) is 46.0 Å². The number of esters is 1. The summed E-state index contributed by atoms with van der Waals surface area (Å²) in [7, 11) is 2.51. The second-order valence-corrected chi connectivity index (χ2v) is 12.5. The van der Waals surface area contributed by atoms with Crippen molar-refractivity contribution in [3.05, 3.63) is 62.5 Å². The van der Waals surface area contributed by atoms with Gasteiger partial charge in [-0.1, -0.05) is 17.7 Å². The zero-order valence-electron chi connectivity index (χ0n) is 24.2. The highest BCUT2D eigenvalue weighted by Crippen LogP contribution is 2.43. The fourth-order valence-corrected chi connectivity index (χ4v) is 6.58. The Morgan fingerprint density at radius 2 is 2.09 bits per heavy atom. The summed E-state index contributed by atoms with van der Waals surface area (Å²) in [6, 6.07) is 0.405. The van der Waals surface area contributed by atoms with Crippen LogP contribution in [0.1, 0.15) is 30.5 Å². The van der Waals surface area contributed by atoms with E-state index in [1.807, 2.05) is 0 Å². The molecule has 2 fully saturated rings. The zero-order valence-corrected chi connectivity index (χ0v) is 25.8. The molecule has 0 bridgehead atoms. The largest absolute Gasteiger partial charge is 0.481 e. The number of thiazole rings is 1. The normalized spacial score (nSPS) is 24.5. The quantitative estimate of drug-likeness (QED) is 0.367. The molecule has 1 aromatic carbocycles. The number of amidine groups is 1. The highest BCUT2D eigenvalue weighted by Gasteiger charge is 2.61. The molecule has 0 aliphatic carbocycles. The van der Waals surface area contributed by atoms with Crippen LogP contribution in [0.25, 0.3) is 0 Å². The van der Waals surface area contributed by atoms with Gasteiger partial charge in [0.15, 0.2) is 10.8 Å². The number of rotatable bonds is 10. The minimum Gasteiger partial charge on any atom is -0.481 e. The van der Waals surface area contributed by atoms with E-state index in [0.29, 0.717) is 10.6 Å². The van der Waals surface area contributed by atoms with Crippen molar-refractivity contribution >= 4 is 40.7 Å². The number of carboxylic acids is 1. The van der Waals surface area contributed by atoms with Crippen molar-refractivity contribution in [1.82, 2.24) is 20.3 Å². The molecule has 4 atom stereocenters. The number of aromatic nitrogens is 1. The van der Waals surface area contributed by atoms with Crippen LogP contribution in [0.3, 0.4) is 0 Å². The first-order valence-corrected chi connectivity index (χ1v) is 14.8. The van der Waals surface area contributed by atoms with E-state index in [-0.39, 0.29) is 41.8 Å². The smallest absolute Gasteiger partial charge is 0.338 e. The predicted molar refractivity (Wildman–Crippen MR) is 154 cm³/mol. The number of carbonyl (C=O) groups excluding carboxylic acids is 1. The Balaban J connectivity index is 1.50. The number of methoxy groups -OCH3 is 2. The Labute approximate surface area is 260 Å². The standard InChI is InChI=1S/C28H31ClF3N5O6S/c1-27(2,26(39)40)19(41-3)11-37-22-18(12-43-37)36(13-28(22,31)32)10-17-20(25(38)42-4)21(15-6-5-14(30)9-16(15)29)35-23(34-17)24-33-7-8-44-24/h5-9,18-19,21-22H,10-13H2,1-4H3,(H,34,35)(H,39,40)/t18-,19+,21+,22+/m1/s1. The number of fused-ring (bicyclic) bond motifs is 1. The maximum Gasteiger partial charge on any atom is 0.338 e. The van der Waals surface area contributed by atoms with Crippen LogP contribution in [0.4, 0.5) is 13.2 Å². The van der Waals surface area contributed by atoms with E-state index in [9.17, 15) is 19.1 Å². The fourth-order valence-electron chi connectivity index (χ4n) is 5.72. The summed E-state index contributed by atoms with van der Waals surface area (Å²) in [4.78, 5) is 41.2. The molecular weight excluding hydrogens is 627 g/mol. The molecule has 4 heterocycles. The molecule has 238 valence electrons. The summed E-state index contributed by atoms with van der Waals surface area (Å²) in [6.45, 7) is 1.76. The number of ether oxygens (including phenoxy) is 2. The number of nitrogens with zero attached hydrogens (tertiary/aromatic N) is 4. The highest BCUT2D eigenvalue weighted by atomic mass is 35.5. The van der Waals surface area contributed by atoms with E-state index in [2.05, 4.69) is 15.3 Å². The number of likely N-dealkylation sites (tertiary alicyclic amines) is 1. The molecule has 1 aromatic heterocycles. The average molecular weight is 658 g/mol. The SMILES string of the molecule is COC(=O)C1=C(CN2CC(F)(F)[C@@H]3[C@H]2CON3C[C@H](OC)C(C)(C)C(=O)O)NC(c2nccs2)=N[C@H]1c1ccc(F)cc1Cl. The van der Waals surface area contributed by atoms with Crippen LogP contribution in [-0.4, -0.2) is 102 Å². The second kappa shape index (κ2) is 12.4. The summed E-state index contributed by atoms with van der Waals surface area (Å²) in [5, 5.41) is 16.1. The van der Waals surface area contributed by atoms with Crippen molar-refractivity contribution in [2.24, 2.45) is 10.4 Å². The molecule has 2 aromatic rings. The molecule has 0 radical (unpaired) electrons. The summed E-state index contributed by atoms with van der Waals surface area (Å²) < 4.78 is 55.8. The third kappa shape index (κ3) is 5.96. The monoisotopic (exact) mass is 657 g/mol. The molecule has 0 unspecified atom stereocenters. The topological polar surface area (TPSA) is 126 Å². The van der Waals surface area contributed by atoms with Gasteiger partial charge in [0.1, 0.15) is 17.9 Å². The molecule has 5 rings (SSSR count). The van der Waals surface area contributed by atoms with E-state index >= 15 is 8.78 Å². The van der Waals surface area contributed by atoms with Crippen LogP contribution in [0.5, 0.6) is 0 Å². The Kier molecular flexibility index (Phi) is 9.08. The lowest BCUT2D eigenvalue weighted by Gasteiger charge is -2.34. The van der Waals surface area contributed by atoms with Crippen molar-refractivity contribution < 1.29 is 42.2 Å². The van der Waals surface area contributed by atoms with Gasteiger partial charge in [0.25, 0.3) is 5.92 Å². The lowest BCUT2D eigenvalue weighted by Crippen LogP contribution is -2.51. The van der Waals surface area contributed by atoms with Gasteiger partial charge >= 0.3 is 11.9 Å². The Morgan fingerprint density at radius 1 is 1.34 bits per heavy atom. The fraction of sp³-hybridized carbons (Fsp3) is 0.500. The Morgan fingerprint density at radius 3 is 2.70 bits per heavy atom. The number of halogens is 4. The lowest BCUT2D eigenvalue weighted by molar-refractivity contribution is -0.205. The first-order valence-electron chi connectivity index (χ1n) is 13.6. The summed E-state index contributed by atoms with van der Waals surface area (Å²) in [5.41, 5.74) is -0.808. The minimum absolute atomic E-state index is 0.0180. The van der Waals surface area contributed by atoms with Crippen molar-refractivity contribution in [1.29, 1.82) is 0 Å². The van der Waals surface area contributed by atoms with Gasteiger partial charge in [0, 0.05) is 41.5 Å². The molecule has 2 N–H and O–H groups in total. The molecule has 0 amide bonds. The van der Waals surface area contributed by atoms with Crippen LogP contribution in [-0.2, 0) is 23.9 Å². The summed E-state index contributed by atoms with van der Waals surface area (Å²) in [5.74, 6) is -5.48. The third-order valence-electron chi connectivity index (χ3n) is 8.17. The maximum absolute atomic E-state index is 15.7. The number of aliphatic carboxylic acids is 1. The van der Waals surface area contributed by atoms with Gasteiger partial charge in [-0.25, -0.2) is 22.9 Å². The highest BCUT2D eigenvalue weighted by molar-refractivity contribution is 7.11. The van der Waals surface area contributed by atoms with Crippen molar-refractivity contribution in [2.75, 3.05) is 40.5 Å². The summed E-state index contributed by atoms with van der Waals surface area (Å²) >= 11 is 7.67. The number of nitrogens with one attached hydrogen (secondary N) is 1. The number of alkyl halides is 2. The molecule has 16 heteroatoms. The van der Waals surface area contributed by atoms with E-state index in [1.54, 1.807) is 11.6 Å². The zero-order chi connectivity index (χ0) is 32.0. The number of aliphatic imine (C=N–C) groups is 1. The van der Waals surface area contributed by atoms with E-state index in [0.717, 1.165) is 11.1 Å². The van der Waals surface area contributed by atoms with E-state index < -0.39 is 59.9 Å². The van der Waals surface area contributed by atoms with Gasteiger partial charge in [0.2, 0.25) is 0 Å². The van der Waals surface area contributed by atoms with Gasteiger partial charge in [-0.2, -0.15) is 5.06 Å². The van der Waals surface area contributed by atoms with Gasteiger partial charge < -0.3 is 19.9 Å². The third-order valence-corrected chi connectivity index (χ3v) is 9.28. The van der Waals surface area contributed by atoms with Crippen LogP contribution in [0, 0.1) is 11.2 Å². The van der Waals surface area contributed by atoms with Crippen molar-refractivity contribution in [3.63, 3.8) is 0 Å². The molecule has 44 heavy (non-hydrogen) atoms. The van der Waals surface area contributed by atoms with Crippen LogP contribution < -0.4 is 5.32 Å². The molecule has 0 spiro atoms. The number of hydroxylamine groups is 2. The lowest BCUT2D eigenvalue weighted by atomic mass is 9.86. The predicted octanol–water partition coefficient (Wildman–Crippen LogP) is 3.51. The first kappa shape index (κ1) is 32.3. The van der Waals surface area contributed by atoms with Gasteiger partial charge in [0.05, 0.1) is 49.9 Å². The van der Waals surface area contributed by atoms with Gasteiger partial charge in [-0.3, -0.25) is 19.5 Å². The van der Waals surface area contributed by atoms with E-state index in [1.165, 1.54) is 56.4 Å². The van der Waals surface area contributed by atoms with Crippen LogP contribution >= 0.6 is 22.9 Å². The Bertz CT molecular complexity index is 1490. The molecule has 11 nitrogen and oxygen atoms in total. The number of carbonyl (C=O) groups is 2. The molecule has 3 aliphatic rings. The van der Waals surface area contributed by atoms with E-state index in [4.69, 9.17) is 25.9 Å². The average Bonchev–Trinajstić information content (AvgIpc) is 3.70.